The summed E-state index contributed by atoms with van der Waals surface area (Å²) >= 11 is 0. The van der Waals surface area contributed by atoms with Gasteiger partial charge in [-0.3, -0.25) is 14.4 Å². The van der Waals surface area contributed by atoms with E-state index in [0.717, 1.165) is 16.8 Å². The first kappa shape index (κ1) is 19.0. The maximum atomic E-state index is 12.0. The topological polar surface area (TPSA) is 108 Å². The van der Waals surface area contributed by atoms with Gasteiger partial charge in [0.05, 0.1) is 6.54 Å². The molecule has 0 atom stereocenters. The molecule has 2 aromatic rings. The lowest BCUT2D eigenvalue weighted by Crippen LogP contribution is -2.29. The number of carbonyl (C=O) groups excluding carboxylic acids is 2. The van der Waals surface area contributed by atoms with Crippen molar-refractivity contribution in [3.63, 3.8) is 0 Å². The highest BCUT2D eigenvalue weighted by atomic mass is 16.4. The van der Waals surface area contributed by atoms with Crippen LogP contribution in [0.15, 0.2) is 42.5 Å². The number of amides is 2. The molecule has 0 aliphatic rings. The Labute approximate surface area is 151 Å². The second kappa shape index (κ2) is 8.66. The Balaban J connectivity index is 1.87. The molecule has 0 bridgehead atoms. The number of rotatable bonds is 7. The van der Waals surface area contributed by atoms with Gasteiger partial charge in [0.2, 0.25) is 5.91 Å². The Hall–Kier alpha value is -3.35. The van der Waals surface area contributed by atoms with Gasteiger partial charge < -0.3 is 21.1 Å². The quantitative estimate of drug-likeness (QED) is 0.609. The molecule has 7 heteroatoms. The van der Waals surface area contributed by atoms with Crippen molar-refractivity contribution in [2.45, 2.75) is 13.8 Å². The van der Waals surface area contributed by atoms with E-state index in [0.29, 0.717) is 11.3 Å². The van der Waals surface area contributed by atoms with E-state index in [2.05, 4.69) is 16.0 Å². The van der Waals surface area contributed by atoms with Crippen molar-refractivity contribution in [1.29, 1.82) is 0 Å². The molecule has 0 unspecified atom stereocenters. The molecule has 0 aliphatic carbocycles. The fraction of sp³-hybridized carbons (Fsp3) is 0.211. The van der Waals surface area contributed by atoms with Crippen molar-refractivity contribution in [1.82, 2.24) is 5.32 Å². The van der Waals surface area contributed by atoms with E-state index in [9.17, 15) is 14.4 Å². The number of anilines is 2. The van der Waals surface area contributed by atoms with Crippen molar-refractivity contribution >= 4 is 29.2 Å². The zero-order valence-corrected chi connectivity index (χ0v) is 14.6. The van der Waals surface area contributed by atoms with Crippen LogP contribution in [0.5, 0.6) is 0 Å². The lowest BCUT2D eigenvalue weighted by atomic mass is 10.1. The van der Waals surface area contributed by atoms with Gasteiger partial charge in [0.25, 0.3) is 5.91 Å². The first-order valence-corrected chi connectivity index (χ1v) is 8.06. The van der Waals surface area contributed by atoms with Gasteiger partial charge in [0.1, 0.15) is 6.54 Å². The summed E-state index contributed by atoms with van der Waals surface area (Å²) in [6.45, 7) is 3.66. The molecule has 136 valence electrons. The SMILES string of the molecule is Cc1ccc(NCC(=O)Nc2ccc(C(=O)NCC(=O)O)cc2)c(C)c1. The van der Waals surface area contributed by atoms with Gasteiger partial charge in [0.15, 0.2) is 0 Å². The smallest absolute Gasteiger partial charge is 0.322 e. The summed E-state index contributed by atoms with van der Waals surface area (Å²) in [5.41, 5.74) is 3.99. The highest BCUT2D eigenvalue weighted by molar-refractivity contribution is 5.97. The third-order valence-electron chi connectivity index (χ3n) is 3.65. The molecule has 0 heterocycles. The van der Waals surface area contributed by atoms with Crippen LogP contribution in [0.25, 0.3) is 0 Å². The number of nitrogens with one attached hydrogen (secondary N) is 3. The molecule has 7 nitrogen and oxygen atoms in total. The van der Waals surface area contributed by atoms with Crippen molar-refractivity contribution < 1.29 is 19.5 Å². The van der Waals surface area contributed by atoms with E-state index in [4.69, 9.17) is 5.11 Å². The van der Waals surface area contributed by atoms with Crippen LogP contribution in [0.3, 0.4) is 0 Å². The summed E-state index contributed by atoms with van der Waals surface area (Å²) in [6, 6.07) is 12.2. The largest absolute Gasteiger partial charge is 0.480 e. The molecule has 2 rings (SSSR count). The molecule has 0 aliphatic heterocycles. The molecule has 0 fully saturated rings. The fourth-order valence-electron chi connectivity index (χ4n) is 2.36. The number of hydrogen-bond acceptors (Lipinski definition) is 4. The lowest BCUT2D eigenvalue weighted by molar-refractivity contribution is -0.135. The van der Waals surface area contributed by atoms with Gasteiger partial charge in [-0.05, 0) is 49.7 Å². The highest BCUT2D eigenvalue weighted by Gasteiger charge is 2.08. The molecule has 0 radical (unpaired) electrons. The van der Waals surface area contributed by atoms with Crippen LogP contribution in [0.2, 0.25) is 0 Å². The van der Waals surface area contributed by atoms with Gasteiger partial charge in [-0.1, -0.05) is 17.7 Å². The van der Waals surface area contributed by atoms with E-state index in [-0.39, 0.29) is 12.5 Å². The molecule has 0 saturated heterocycles. The van der Waals surface area contributed by atoms with Crippen LogP contribution < -0.4 is 16.0 Å². The number of aliphatic carboxylic acids is 1. The van der Waals surface area contributed by atoms with Gasteiger partial charge in [-0.25, -0.2) is 0 Å². The van der Waals surface area contributed by atoms with Crippen LogP contribution in [0.4, 0.5) is 11.4 Å². The molecule has 2 aromatic carbocycles. The molecule has 0 saturated carbocycles. The number of aryl methyl sites for hydroxylation is 2. The first-order chi connectivity index (χ1) is 12.3. The van der Waals surface area contributed by atoms with E-state index in [1.165, 1.54) is 12.1 Å². The van der Waals surface area contributed by atoms with Gasteiger partial charge in [-0.15, -0.1) is 0 Å². The Morgan fingerprint density at radius 1 is 0.962 bits per heavy atom. The summed E-state index contributed by atoms with van der Waals surface area (Å²) in [5, 5.41) is 16.6. The second-order valence-corrected chi connectivity index (χ2v) is 5.87. The maximum absolute atomic E-state index is 12.0. The van der Waals surface area contributed by atoms with Crippen molar-refractivity contribution in [2.24, 2.45) is 0 Å². The van der Waals surface area contributed by atoms with Crippen LogP contribution in [0, 0.1) is 13.8 Å². The summed E-state index contributed by atoms with van der Waals surface area (Å²) in [6.07, 6.45) is 0. The monoisotopic (exact) mass is 355 g/mol. The van der Waals surface area contributed by atoms with Crippen LogP contribution in [0.1, 0.15) is 21.5 Å². The summed E-state index contributed by atoms with van der Waals surface area (Å²) in [7, 11) is 0. The highest BCUT2D eigenvalue weighted by Crippen LogP contribution is 2.16. The Kier molecular flexibility index (Phi) is 6.32. The first-order valence-electron chi connectivity index (χ1n) is 8.06. The average Bonchev–Trinajstić information content (AvgIpc) is 2.59. The molecular weight excluding hydrogens is 334 g/mol. The minimum absolute atomic E-state index is 0.116. The predicted octanol–water partition coefficient (Wildman–Crippen LogP) is 2.17. The molecule has 26 heavy (non-hydrogen) atoms. The zero-order chi connectivity index (χ0) is 19.1. The van der Waals surface area contributed by atoms with Gasteiger partial charge in [0, 0.05) is 16.9 Å². The number of benzene rings is 2. The van der Waals surface area contributed by atoms with Gasteiger partial charge in [-0.2, -0.15) is 0 Å². The normalized spacial score (nSPS) is 10.1. The van der Waals surface area contributed by atoms with E-state index < -0.39 is 18.4 Å². The van der Waals surface area contributed by atoms with E-state index >= 15 is 0 Å². The maximum Gasteiger partial charge on any atom is 0.322 e. The lowest BCUT2D eigenvalue weighted by Gasteiger charge is -2.11. The van der Waals surface area contributed by atoms with Crippen molar-refractivity contribution in [3.05, 3.63) is 59.2 Å². The van der Waals surface area contributed by atoms with Gasteiger partial charge >= 0.3 is 5.97 Å². The zero-order valence-electron chi connectivity index (χ0n) is 14.6. The third-order valence-corrected chi connectivity index (χ3v) is 3.65. The molecule has 2 amide bonds. The number of hydrogen-bond donors (Lipinski definition) is 4. The summed E-state index contributed by atoms with van der Waals surface area (Å²) in [5.74, 6) is -1.81. The second-order valence-electron chi connectivity index (χ2n) is 5.87. The number of carboxylic acid groups (broad SMARTS) is 1. The van der Waals surface area contributed by atoms with E-state index in [1.807, 2.05) is 32.0 Å². The molecule has 0 spiro atoms. The molecular formula is C19H21N3O4. The number of carboxylic acids is 1. The van der Waals surface area contributed by atoms with Crippen molar-refractivity contribution in [3.8, 4) is 0 Å². The van der Waals surface area contributed by atoms with Crippen molar-refractivity contribution in [2.75, 3.05) is 23.7 Å². The van der Waals surface area contributed by atoms with Crippen LogP contribution in [-0.4, -0.2) is 36.0 Å². The standard InChI is InChI=1S/C19H21N3O4/c1-12-3-8-16(13(2)9-12)20-10-17(23)22-15-6-4-14(5-7-15)19(26)21-11-18(24)25/h3-9,20H,10-11H2,1-2H3,(H,21,26)(H,22,23)(H,24,25). The summed E-state index contributed by atoms with van der Waals surface area (Å²) in [4.78, 5) is 34.2. The molecule has 4 N–H and O–H groups in total. The number of carbonyl (C=O) groups is 3. The van der Waals surface area contributed by atoms with Crippen LogP contribution in [-0.2, 0) is 9.59 Å². The minimum Gasteiger partial charge on any atom is -0.480 e. The predicted molar refractivity (Wildman–Crippen MR) is 99.4 cm³/mol. The fourth-order valence-corrected chi connectivity index (χ4v) is 2.36. The van der Waals surface area contributed by atoms with Crippen LogP contribution >= 0.6 is 0 Å². The minimum atomic E-state index is -1.11. The Morgan fingerprint density at radius 2 is 1.65 bits per heavy atom. The van der Waals surface area contributed by atoms with E-state index in [1.54, 1.807) is 12.1 Å². The Bertz CT molecular complexity index is 816. The average molecular weight is 355 g/mol. The third kappa shape index (κ3) is 5.62. The Morgan fingerprint density at radius 3 is 2.27 bits per heavy atom. The summed E-state index contributed by atoms with van der Waals surface area (Å²) < 4.78 is 0. The molecule has 0 aromatic heterocycles.